The van der Waals surface area contributed by atoms with Crippen LogP contribution in [-0.4, -0.2) is 12.3 Å². The summed E-state index contributed by atoms with van der Waals surface area (Å²) in [4.78, 5) is 12.2. The molecule has 18 heavy (non-hydrogen) atoms. The molecule has 0 saturated carbocycles. The highest BCUT2D eigenvalue weighted by Crippen LogP contribution is 2.18. The maximum atomic E-state index is 12.2. The summed E-state index contributed by atoms with van der Waals surface area (Å²) >= 11 is 0. The zero-order valence-corrected chi connectivity index (χ0v) is 10.6. The molecule has 0 bridgehead atoms. The highest BCUT2D eigenvalue weighted by Gasteiger charge is 2.14. The van der Waals surface area contributed by atoms with Crippen molar-refractivity contribution in [3.05, 3.63) is 59.0 Å². The second-order valence-corrected chi connectivity index (χ2v) is 4.50. The van der Waals surface area contributed by atoms with E-state index in [0.29, 0.717) is 17.9 Å². The van der Waals surface area contributed by atoms with Crippen molar-refractivity contribution in [1.82, 2.24) is 0 Å². The van der Waals surface area contributed by atoms with Gasteiger partial charge in [-0.05, 0) is 43.1 Å². The molecular formula is C15H17NO2. The molecule has 1 aromatic carbocycles. The molecule has 0 amide bonds. The first kappa shape index (κ1) is 12.6. The molecule has 1 heterocycles. The molecule has 1 unspecified atom stereocenters. The van der Waals surface area contributed by atoms with Crippen LogP contribution in [0.5, 0.6) is 0 Å². The molecule has 2 rings (SSSR count). The van der Waals surface area contributed by atoms with Gasteiger partial charge >= 0.3 is 0 Å². The molecule has 3 heteroatoms. The van der Waals surface area contributed by atoms with Crippen LogP contribution >= 0.6 is 0 Å². The fourth-order valence-corrected chi connectivity index (χ4v) is 1.82. The van der Waals surface area contributed by atoms with Crippen LogP contribution < -0.4 is 5.73 Å². The fraction of sp³-hybridized carbons (Fsp3) is 0.267. The van der Waals surface area contributed by atoms with Crippen molar-refractivity contribution in [2.45, 2.75) is 19.8 Å². The van der Waals surface area contributed by atoms with Crippen LogP contribution in [0.25, 0.3) is 0 Å². The van der Waals surface area contributed by atoms with Crippen LogP contribution in [0.3, 0.4) is 0 Å². The van der Waals surface area contributed by atoms with E-state index in [1.54, 1.807) is 18.2 Å². The number of carbonyl (C=O) groups excluding carboxylic acids is 1. The van der Waals surface area contributed by atoms with Gasteiger partial charge in [-0.15, -0.1) is 0 Å². The smallest absolute Gasteiger partial charge is 0.228 e. The predicted molar refractivity (Wildman–Crippen MR) is 70.8 cm³/mol. The first-order valence-corrected chi connectivity index (χ1v) is 6.03. The lowest BCUT2D eigenvalue weighted by molar-refractivity contribution is 0.101. The summed E-state index contributed by atoms with van der Waals surface area (Å²) in [5, 5.41) is 0. The van der Waals surface area contributed by atoms with Gasteiger partial charge in [0.2, 0.25) is 5.78 Å². The number of carbonyl (C=O) groups is 1. The predicted octanol–water partition coefficient (Wildman–Crippen LogP) is 2.88. The van der Waals surface area contributed by atoms with Crippen LogP contribution in [0.1, 0.15) is 40.3 Å². The Labute approximate surface area is 107 Å². The van der Waals surface area contributed by atoms with Crippen molar-refractivity contribution in [2.75, 3.05) is 6.54 Å². The van der Waals surface area contributed by atoms with Gasteiger partial charge in [0.1, 0.15) is 5.76 Å². The molecule has 0 spiro atoms. The molecule has 2 aromatic rings. The summed E-state index contributed by atoms with van der Waals surface area (Å²) in [5.41, 5.74) is 7.36. The monoisotopic (exact) mass is 243 g/mol. The second-order valence-electron chi connectivity index (χ2n) is 4.50. The Hall–Kier alpha value is -1.87. The molecule has 0 aliphatic heterocycles. The Kier molecular flexibility index (Phi) is 3.63. The van der Waals surface area contributed by atoms with Gasteiger partial charge in [-0.25, -0.2) is 0 Å². The Morgan fingerprint density at radius 3 is 2.72 bits per heavy atom. The summed E-state index contributed by atoms with van der Waals surface area (Å²) in [6.45, 7) is 4.43. The van der Waals surface area contributed by atoms with E-state index in [1.165, 1.54) is 0 Å². The average Bonchev–Trinajstić information content (AvgIpc) is 2.83. The van der Waals surface area contributed by atoms with Crippen molar-refractivity contribution in [3.8, 4) is 0 Å². The van der Waals surface area contributed by atoms with E-state index >= 15 is 0 Å². The van der Waals surface area contributed by atoms with Crippen molar-refractivity contribution in [3.63, 3.8) is 0 Å². The van der Waals surface area contributed by atoms with E-state index in [9.17, 15) is 4.79 Å². The minimum Gasteiger partial charge on any atom is -0.458 e. The summed E-state index contributed by atoms with van der Waals surface area (Å²) in [5.74, 6) is 1.28. The summed E-state index contributed by atoms with van der Waals surface area (Å²) in [6.07, 6.45) is 0. The van der Waals surface area contributed by atoms with Crippen LogP contribution in [0.15, 0.2) is 40.8 Å². The number of benzene rings is 1. The van der Waals surface area contributed by atoms with Crippen molar-refractivity contribution < 1.29 is 9.21 Å². The van der Waals surface area contributed by atoms with Crippen LogP contribution in [0, 0.1) is 6.92 Å². The molecule has 0 aliphatic carbocycles. The number of rotatable bonds is 4. The van der Waals surface area contributed by atoms with Gasteiger partial charge in [0.05, 0.1) is 0 Å². The number of nitrogens with two attached hydrogens (primary N) is 1. The number of aryl methyl sites for hydroxylation is 1. The lowest BCUT2D eigenvalue weighted by Crippen LogP contribution is -2.10. The molecule has 0 fully saturated rings. The zero-order chi connectivity index (χ0) is 13.1. The highest BCUT2D eigenvalue weighted by atomic mass is 16.3. The molecule has 1 aromatic heterocycles. The van der Waals surface area contributed by atoms with E-state index in [-0.39, 0.29) is 11.7 Å². The second kappa shape index (κ2) is 5.19. The molecule has 0 radical (unpaired) electrons. The van der Waals surface area contributed by atoms with Crippen molar-refractivity contribution in [2.24, 2.45) is 5.73 Å². The van der Waals surface area contributed by atoms with Crippen molar-refractivity contribution in [1.29, 1.82) is 0 Å². The van der Waals surface area contributed by atoms with Gasteiger partial charge < -0.3 is 10.2 Å². The van der Waals surface area contributed by atoms with Gasteiger partial charge in [0.15, 0.2) is 5.76 Å². The summed E-state index contributed by atoms with van der Waals surface area (Å²) in [7, 11) is 0. The largest absolute Gasteiger partial charge is 0.458 e. The Bertz CT molecular complexity index is 557. The summed E-state index contributed by atoms with van der Waals surface area (Å²) in [6, 6.07) is 11.0. The third-order valence-corrected chi connectivity index (χ3v) is 3.04. The van der Waals surface area contributed by atoms with Crippen molar-refractivity contribution >= 4 is 5.78 Å². The van der Waals surface area contributed by atoms with Gasteiger partial charge in [0, 0.05) is 5.56 Å². The van der Waals surface area contributed by atoms with Gasteiger partial charge in [-0.3, -0.25) is 4.79 Å². The molecule has 2 N–H and O–H groups in total. The van der Waals surface area contributed by atoms with Gasteiger partial charge in [-0.2, -0.15) is 0 Å². The topological polar surface area (TPSA) is 56.2 Å². The number of ketones is 1. The van der Waals surface area contributed by atoms with E-state index in [1.807, 2.05) is 32.0 Å². The van der Waals surface area contributed by atoms with E-state index < -0.39 is 0 Å². The third-order valence-electron chi connectivity index (χ3n) is 3.04. The lowest BCUT2D eigenvalue weighted by Gasteiger charge is -2.09. The van der Waals surface area contributed by atoms with Gasteiger partial charge in [-0.1, -0.05) is 25.1 Å². The Balaban J connectivity index is 2.31. The number of hydrogen-bond acceptors (Lipinski definition) is 3. The zero-order valence-electron chi connectivity index (χ0n) is 10.6. The third kappa shape index (κ3) is 2.51. The first-order chi connectivity index (χ1) is 8.61. The molecule has 3 nitrogen and oxygen atoms in total. The lowest BCUT2D eigenvalue weighted by atomic mass is 9.97. The standard InChI is InChI=1S/C15H17NO2/c1-10(9-16)12-4-3-5-13(8-12)15(17)14-7-6-11(2)18-14/h3-8,10H,9,16H2,1-2H3. The Morgan fingerprint density at radius 2 is 2.11 bits per heavy atom. The summed E-state index contributed by atoms with van der Waals surface area (Å²) < 4.78 is 5.35. The van der Waals surface area contributed by atoms with Gasteiger partial charge in [0.25, 0.3) is 0 Å². The molecule has 94 valence electrons. The SMILES string of the molecule is Cc1ccc(C(=O)c2cccc(C(C)CN)c2)o1. The Morgan fingerprint density at radius 1 is 1.33 bits per heavy atom. The van der Waals surface area contributed by atoms with E-state index in [0.717, 1.165) is 11.3 Å². The van der Waals surface area contributed by atoms with E-state index in [4.69, 9.17) is 10.2 Å². The molecule has 1 atom stereocenters. The number of furan rings is 1. The molecule has 0 aliphatic rings. The maximum Gasteiger partial charge on any atom is 0.228 e. The van der Waals surface area contributed by atoms with Crippen LogP contribution in [0.4, 0.5) is 0 Å². The minimum absolute atomic E-state index is 0.0887. The van der Waals surface area contributed by atoms with E-state index in [2.05, 4.69) is 0 Å². The minimum atomic E-state index is -0.0887. The molecular weight excluding hydrogens is 226 g/mol. The normalized spacial score (nSPS) is 12.4. The fourth-order valence-electron chi connectivity index (χ4n) is 1.82. The quantitative estimate of drug-likeness (QED) is 0.840. The maximum absolute atomic E-state index is 12.2. The molecule has 0 saturated heterocycles. The van der Waals surface area contributed by atoms with Crippen LogP contribution in [-0.2, 0) is 0 Å². The number of hydrogen-bond donors (Lipinski definition) is 1. The van der Waals surface area contributed by atoms with Crippen LogP contribution in [0.2, 0.25) is 0 Å². The highest BCUT2D eigenvalue weighted by molar-refractivity contribution is 6.07. The average molecular weight is 243 g/mol. The first-order valence-electron chi connectivity index (χ1n) is 6.03.